The van der Waals surface area contributed by atoms with Crippen LogP contribution in [0.1, 0.15) is 82.0 Å². The molecule has 1 saturated heterocycles. The highest BCUT2D eigenvalue weighted by Crippen LogP contribution is 2.27. The Bertz CT molecular complexity index is 730. The molecule has 2 fully saturated rings. The lowest BCUT2D eigenvalue weighted by atomic mass is 9.84. The standard InChI is InChI=1S/C24H37N3O3S/c1-3-12-27-15-22(28)20(10-9-17(27)2)25-24(30)21(14-18-7-5-4-6-8-18)26-23(29)19-11-13-31-16-19/h11,13,16-18,20-21H,3-10,12,14-15H2,1-2H3,(H,25,30)(H,26,29). The molecular formula is C24H37N3O3S. The number of hydrogen-bond donors (Lipinski definition) is 2. The number of carbonyl (C=O) groups excluding carboxylic acids is 3. The van der Waals surface area contributed by atoms with Gasteiger partial charge in [-0.25, -0.2) is 0 Å². The molecular weight excluding hydrogens is 410 g/mol. The predicted molar refractivity (Wildman–Crippen MR) is 124 cm³/mol. The van der Waals surface area contributed by atoms with E-state index in [0.717, 1.165) is 32.2 Å². The number of rotatable bonds is 8. The van der Waals surface area contributed by atoms with Crippen molar-refractivity contribution in [2.75, 3.05) is 13.1 Å². The van der Waals surface area contributed by atoms with E-state index < -0.39 is 12.1 Å². The summed E-state index contributed by atoms with van der Waals surface area (Å²) < 4.78 is 0. The molecule has 0 spiro atoms. The molecule has 2 N–H and O–H groups in total. The van der Waals surface area contributed by atoms with Gasteiger partial charge in [0.25, 0.3) is 5.91 Å². The minimum absolute atomic E-state index is 0.0757. The van der Waals surface area contributed by atoms with Crippen LogP contribution >= 0.6 is 11.3 Å². The highest BCUT2D eigenvalue weighted by molar-refractivity contribution is 7.08. The van der Waals surface area contributed by atoms with Crippen molar-refractivity contribution in [1.29, 1.82) is 0 Å². The number of amides is 2. The molecule has 0 aromatic carbocycles. The maximum absolute atomic E-state index is 13.2. The van der Waals surface area contributed by atoms with Crippen molar-refractivity contribution in [2.45, 2.75) is 89.8 Å². The molecule has 3 unspecified atom stereocenters. The lowest BCUT2D eigenvalue weighted by Gasteiger charge is -2.28. The molecule has 31 heavy (non-hydrogen) atoms. The Balaban J connectivity index is 1.66. The maximum atomic E-state index is 13.2. The van der Waals surface area contributed by atoms with Crippen molar-refractivity contribution in [2.24, 2.45) is 5.92 Å². The van der Waals surface area contributed by atoms with Crippen LogP contribution in [-0.4, -0.2) is 53.7 Å². The zero-order valence-electron chi connectivity index (χ0n) is 18.9. The third kappa shape index (κ3) is 6.88. The second-order valence-electron chi connectivity index (χ2n) is 9.20. The van der Waals surface area contributed by atoms with Gasteiger partial charge in [0, 0.05) is 11.4 Å². The Hall–Kier alpha value is -1.73. The van der Waals surface area contributed by atoms with Gasteiger partial charge in [0.2, 0.25) is 5.91 Å². The van der Waals surface area contributed by atoms with Crippen LogP contribution in [-0.2, 0) is 9.59 Å². The van der Waals surface area contributed by atoms with Crippen LogP contribution in [0.4, 0.5) is 0 Å². The molecule has 2 heterocycles. The van der Waals surface area contributed by atoms with E-state index in [9.17, 15) is 14.4 Å². The topological polar surface area (TPSA) is 78.5 Å². The molecule has 2 amide bonds. The highest BCUT2D eigenvalue weighted by atomic mass is 32.1. The van der Waals surface area contributed by atoms with Crippen molar-refractivity contribution < 1.29 is 14.4 Å². The fraction of sp³-hybridized carbons (Fsp3) is 0.708. The van der Waals surface area contributed by atoms with Crippen molar-refractivity contribution in [3.05, 3.63) is 22.4 Å². The Morgan fingerprint density at radius 3 is 2.65 bits per heavy atom. The summed E-state index contributed by atoms with van der Waals surface area (Å²) in [5, 5.41) is 9.62. The van der Waals surface area contributed by atoms with Crippen LogP contribution in [0.2, 0.25) is 0 Å². The van der Waals surface area contributed by atoms with Crippen molar-refractivity contribution in [3.8, 4) is 0 Å². The van der Waals surface area contributed by atoms with E-state index in [1.54, 1.807) is 11.4 Å². The number of Topliss-reactive ketones (excluding diaryl/α,β-unsaturated/α-hetero) is 1. The van der Waals surface area contributed by atoms with E-state index in [4.69, 9.17) is 0 Å². The van der Waals surface area contributed by atoms with E-state index in [0.29, 0.717) is 36.9 Å². The molecule has 6 nitrogen and oxygen atoms in total. The van der Waals surface area contributed by atoms with Gasteiger partial charge in [0.1, 0.15) is 6.04 Å². The van der Waals surface area contributed by atoms with E-state index in [-0.39, 0.29) is 17.6 Å². The van der Waals surface area contributed by atoms with Gasteiger partial charge in [-0.3, -0.25) is 19.3 Å². The van der Waals surface area contributed by atoms with E-state index in [2.05, 4.69) is 29.4 Å². The summed E-state index contributed by atoms with van der Waals surface area (Å²) in [5.74, 6) is 0.0835. The third-order valence-electron chi connectivity index (χ3n) is 6.77. The fourth-order valence-electron chi connectivity index (χ4n) is 4.85. The average Bonchev–Trinajstić information content (AvgIpc) is 3.27. The molecule has 172 valence electrons. The summed E-state index contributed by atoms with van der Waals surface area (Å²) in [6, 6.07) is 1.04. The molecule has 1 aromatic rings. The monoisotopic (exact) mass is 447 g/mol. The normalized spacial score (nSPS) is 24.4. The van der Waals surface area contributed by atoms with Crippen molar-refractivity contribution in [1.82, 2.24) is 15.5 Å². The molecule has 1 aromatic heterocycles. The summed E-state index contributed by atoms with van der Waals surface area (Å²) >= 11 is 1.46. The quantitative estimate of drug-likeness (QED) is 0.636. The summed E-state index contributed by atoms with van der Waals surface area (Å²) in [5.41, 5.74) is 0.584. The Labute approximate surface area is 190 Å². The number of nitrogens with zero attached hydrogens (tertiary/aromatic N) is 1. The zero-order chi connectivity index (χ0) is 22.2. The van der Waals surface area contributed by atoms with Gasteiger partial charge < -0.3 is 10.6 Å². The number of nitrogens with one attached hydrogen (secondary N) is 2. The minimum atomic E-state index is -0.601. The van der Waals surface area contributed by atoms with Crippen LogP contribution in [0.3, 0.4) is 0 Å². The Kier molecular flexibility index (Phi) is 9.08. The summed E-state index contributed by atoms with van der Waals surface area (Å²) in [6.45, 7) is 5.55. The van der Waals surface area contributed by atoms with Gasteiger partial charge in [-0.1, -0.05) is 39.0 Å². The van der Waals surface area contributed by atoms with E-state index in [1.807, 2.05) is 5.38 Å². The SMILES string of the molecule is CCCN1CC(=O)C(NC(=O)C(CC2CCCCC2)NC(=O)c2ccsc2)CCC1C. The predicted octanol–water partition coefficient (Wildman–Crippen LogP) is 3.77. The summed E-state index contributed by atoms with van der Waals surface area (Å²) in [7, 11) is 0. The fourth-order valence-corrected chi connectivity index (χ4v) is 5.49. The molecule has 0 radical (unpaired) electrons. The first-order chi connectivity index (χ1) is 15.0. The van der Waals surface area contributed by atoms with Gasteiger partial charge in [0.15, 0.2) is 5.78 Å². The van der Waals surface area contributed by atoms with Gasteiger partial charge in [-0.15, -0.1) is 0 Å². The largest absolute Gasteiger partial charge is 0.344 e. The Morgan fingerprint density at radius 2 is 1.97 bits per heavy atom. The van der Waals surface area contributed by atoms with Gasteiger partial charge in [-0.2, -0.15) is 11.3 Å². The van der Waals surface area contributed by atoms with Crippen molar-refractivity contribution in [3.63, 3.8) is 0 Å². The first-order valence-electron chi connectivity index (χ1n) is 11.9. The first-order valence-corrected chi connectivity index (χ1v) is 12.8. The van der Waals surface area contributed by atoms with Gasteiger partial charge in [-0.05, 0) is 56.5 Å². The van der Waals surface area contributed by atoms with Gasteiger partial charge in [0.05, 0.1) is 18.2 Å². The minimum Gasteiger partial charge on any atom is -0.344 e. The van der Waals surface area contributed by atoms with Crippen LogP contribution in [0.5, 0.6) is 0 Å². The smallest absolute Gasteiger partial charge is 0.252 e. The number of likely N-dealkylation sites (tertiary alicyclic amines) is 1. The second kappa shape index (κ2) is 11.8. The van der Waals surface area contributed by atoms with E-state index in [1.165, 1.54) is 30.6 Å². The number of carbonyl (C=O) groups is 3. The molecule has 2 aliphatic rings. The third-order valence-corrected chi connectivity index (χ3v) is 7.45. The van der Waals surface area contributed by atoms with Crippen molar-refractivity contribution >= 4 is 28.9 Å². The maximum Gasteiger partial charge on any atom is 0.252 e. The summed E-state index contributed by atoms with van der Waals surface area (Å²) in [6.07, 6.45) is 9.00. The molecule has 3 atom stereocenters. The van der Waals surface area contributed by atoms with Crippen LogP contribution in [0.25, 0.3) is 0 Å². The Morgan fingerprint density at radius 1 is 1.19 bits per heavy atom. The van der Waals surface area contributed by atoms with E-state index >= 15 is 0 Å². The lowest BCUT2D eigenvalue weighted by Crippen LogP contribution is -2.52. The lowest BCUT2D eigenvalue weighted by molar-refractivity contribution is -0.129. The number of ketones is 1. The molecule has 0 bridgehead atoms. The number of thiophene rings is 1. The van der Waals surface area contributed by atoms with Crippen LogP contribution in [0.15, 0.2) is 16.8 Å². The molecule has 1 aliphatic carbocycles. The second-order valence-corrected chi connectivity index (χ2v) is 9.98. The highest BCUT2D eigenvalue weighted by Gasteiger charge is 2.32. The van der Waals surface area contributed by atoms with Crippen LogP contribution < -0.4 is 10.6 Å². The molecule has 3 rings (SSSR count). The average molecular weight is 448 g/mol. The molecule has 1 saturated carbocycles. The zero-order valence-corrected chi connectivity index (χ0v) is 19.7. The summed E-state index contributed by atoms with van der Waals surface area (Å²) in [4.78, 5) is 41.0. The molecule has 1 aliphatic heterocycles. The number of hydrogen-bond acceptors (Lipinski definition) is 5. The first kappa shape index (κ1) is 23.9. The van der Waals surface area contributed by atoms with Gasteiger partial charge >= 0.3 is 0 Å². The van der Waals surface area contributed by atoms with Crippen LogP contribution in [0, 0.1) is 5.92 Å². The molecule has 7 heteroatoms.